The van der Waals surface area contributed by atoms with Gasteiger partial charge >= 0.3 is 12.1 Å². The van der Waals surface area contributed by atoms with Gasteiger partial charge in [0.05, 0.1) is 11.1 Å². The molecule has 2 rings (SSSR count). The molecule has 0 saturated carbocycles. The molecule has 1 N–H and O–H groups in total. The van der Waals surface area contributed by atoms with E-state index in [0.717, 1.165) is 0 Å². The van der Waals surface area contributed by atoms with Crippen molar-refractivity contribution in [3.8, 4) is 0 Å². The van der Waals surface area contributed by atoms with E-state index in [4.69, 9.17) is 14.4 Å². The van der Waals surface area contributed by atoms with Crippen molar-refractivity contribution in [3.63, 3.8) is 0 Å². The van der Waals surface area contributed by atoms with E-state index in [0.29, 0.717) is 5.06 Å². The predicted molar refractivity (Wildman–Crippen MR) is 83.0 cm³/mol. The van der Waals surface area contributed by atoms with Crippen LogP contribution in [0, 0.1) is 0 Å². The van der Waals surface area contributed by atoms with Gasteiger partial charge in [-0.2, -0.15) is 5.48 Å². The molecule has 0 aromatic heterocycles. The molecule has 1 aromatic rings. The quantitative estimate of drug-likeness (QED) is 0.648. The number of hydroxylamine groups is 3. The minimum Gasteiger partial charge on any atom is -0.442 e. The number of imide groups is 1. The SMILES string of the molecule is C[C@H](ONC(=O)OC(C)(C)C)C(=O)ON1C(=O)c2ccccc2C1=O. The number of nitrogens with zero attached hydrogens (tertiary/aromatic N) is 1. The maximum Gasteiger partial charge on any atom is 0.431 e. The minimum atomic E-state index is -1.28. The number of fused-ring (bicyclic) bond motifs is 1. The Labute approximate surface area is 143 Å². The third-order valence-electron chi connectivity index (χ3n) is 2.99. The van der Waals surface area contributed by atoms with Crippen LogP contribution in [-0.4, -0.2) is 40.6 Å². The zero-order valence-electron chi connectivity index (χ0n) is 14.2. The Morgan fingerprint density at radius 3 is 2.08 bits per heavy atom. The Kier molecular flexibility index (Phi) is 5.07. The second-order valence-electron chi connectivity index (χ2n) is 6.22. The maximum absolute atomic E-state index is 12.1. The first-order chi connectivity index (χ1) is 11.6. The number of rotatable bonds is 4. The topological polar surface area (TPSA) is 111 Å². The number of ether oxygens (including phenoxy) is 1. The van der Waals surface area contributed by atoms with Gasteiger partial charge in [-0.15, -0.1) is 0 Å². The highest BCUT2D eigenvalue weighted by molar-refractivity contribution is 6.20. The van der Waals surface area contributed by atoms with Crippen molar-refractivity contribution < 1.29 is 33.6 Å². The second kappa shape index (κ2) is 6.89. The third-order valence-corrected chi connectivity index (χ3v) is 2.99. The fourth-order valence-corrected chi connectivity index (χ4v) is 1.90. The summed E-state index contributed by atoms with van der Waals surface area (Å²) >= 11 is 0. The van der Waals surface area contributed by atoms with Crippen LogP contribution in [0.3, 0.4) is 0 Å². The Balaban J connectivity index is 1.91. The standard InChI is InChI=1S/C16H18N2O7/c1-9(24-17-15(22)23-16(2,3)4)14(21)25-18-12(19)10-7-5-6-8-11(10)13(18)20/h5-9H,1-4H3,(H,17,22)/t9-/m0/s1. The van der Waals surface area contributed by atoms with Gasteiger partial charge in [0.1, 0.15) is 5.60 Å². The summed E-state index contributed by atoms with van der Waals surface area (Å²) in [6, 6.07) is 6.08. The van der Waals surface area contributed by atoms with Gasteiger partial charge in [0.25, 0.3) is 11.8 Å². The molecule has 1 aliphatic heterocycles. The molecule has 134 valence electrons. The Bertz CT molecular complexity index is 688. The molecule has 1 heterocycles. The van der Waals surface area contributed by atoms with Crippen molar-refractivity contribution in [2.45, 2.75) is 39.4 Å². The average Bonchev–Trinajstić information content (AvgIpc) is 2.76. The summed E-state index contributed by atoms with van der Waals surface area (Å²) in [6.45, 7) is 6.25. The number of benzene rings is 1. The number of nitrogens with one attached hydrogen (secondary N) is 1. The minimum absolute atomic E-state index is 0.140. The molecular weight excluding hydrogens is 332 g/mol. The van der Waals surface area contributed by atoms with Crippen LogP contribution in [0.5, 0.6) is 0 Å². The highest BCUT2D eigenvalue weighted by atomic mass is 16.8. The van der Waals surface area contributed by atoms with Gasteiger partial charge in [0.15, 0.2) is 6.10 Å². The molecular formula is C16H18N2O7. The van der Waals surface area contributed by atoms with Gasteiger partial charge < -0.3 is 9.57 Å². The molecule has 0 saturated heterocycles. The number of hydrogen-bond acceptors (Lipinski definition) is 7. The van der Waals surface area contributed by atoms with Crippen LogP contribution in [0.25, 0.3) is 0 Å². The number of amides is 3. The fraction of sp³-hybridized carbons (Fsp3) is 0.375. The van der Waals surface area contributed by atoms with Gasteiger partial charge in [-0.3, -0.25) is 14.4 Å². The molecule has 0 bridgehead atoms. The summed E-state index contributed by atoms with van der Waals surface area (Å²) in [7, 11) is 0. The van der Waals surface area contributed by atoms with Crippen LogP contribution < -0.4 is 5.48 Å². The molecule has 25 heavy (non-hydrogen) atoms. The molecule has 3 amide bonds. The molecule has 0 fully saturated rings. The Hall–Kier alpha value is -2.94. The lowest BCUT2D eigenvalue weighted by molar-refractivity contribution is -0.184. The van der Waals surface area contributed by atoms with Crippen molar-refractivity contribution in [1.82, 2.24) is 10.5 Å². The monoisotopic (exact) mass is 350 g/mol. The highest BCUT2D eigenvalue weighted by Crippen LogP contribution is 2.22. The first-order valence-electron chi connectivity index (χ1n) is 7.44. The van der Waals surface area contributed by atoms with Gasteiger partial charge in [0.2, 0.25) is 0 Å². The van der Waals surface area contributed by atoms with Crippen molar-refractivity contribution in [3.05, 3.63) is 35.4 Å². The van der Waals surface area contributed by atoms with Gasteiger partial charge in [-0.1, -0.05) is 17.2 Å². The largest absolute Gasteiger partial charge is 0.442 e. The first-order valence-corrected chi connectivity index (χ1v) is 7.44. The van der Waals surface area contributed by atoms with Crippen LogP contribution >= 0.6 is 0 Å². The fourth-order valence-electron chi connectivity index (χ4n) is 1.90. The summed E-state index contributed by atoms with van der Waals surface area (Å²) in [5.74, 6) is -2.53. The van der Waals surface area contributed by atoms with Crippen molar-refractivity contribution in [2.24, 2.45) is 0 Å². The van der Waals surface area contributed by atoms with Crippen LogP contribution in [0.2, 0.25) is 0 Å². The molecule has 1 atom stereocenters. The highest BCUT2D eigenvalue weighted by Gasteiger charge is 2.39. The van der Waals surface area contributed by atoms with Crippen LogP contribution in [0.1, 0.15) is 48.4 Å². The maximum atomic E-state index is 12.1. The van der Waals surface area contributed by atoms with Crippen LogP contribution in [0.4, 0.5) is 4.79 Å². The summed E-state index contributed by atoms with van der Waals surface area (Å²) in [5, 5.41) is 0.361. The molecule has 0 unspecified atom stereocenters. The van der Waals surface area contributed by atoms with E-state index in [9.17, 15) is 19.2 Å². The van der Waals surface area contributed by atoms with Gasteiger partial charge in [0, 0.05) is 0 Å². The third kappa shape index (κ3) is 4.32. The van der Waals surface area contributed by atoms with Crippen LogP contribution in [-0.2, 0) is 19.2 Å². The number of hydrogen-bond donors (Lipinski definition) is 1. The first kappa shape index (κ1) is 18.4. The van der Waals surface area contributed by atoms with Crippen molar-refractivity contribution in [1.29, 1.82) is 0 Å². The average molecular weight is 350 g/mol. The lowest BCUT2D eigenvalue weighted by Crippen LogP contribution is -2.40. The van der Waals surface area contributed by atoms with E-state index in [2.05, 4.69) is 0 Å². The summed E-state index contributed by atoms with van der Waals surface area (Å²) < 4.78 is 4.93. The van der Waals surface area contributed by atoms with E-state index in [-0.39, 0.29) is 11.1 Å². The zero-order chi connectivity index (χ0) is 18.8. The smallest absolute Gasteiger partial charge is 0.431 e. The van der Waals surface area contributed by atoms with E-state index in [1.807, 2.05) is 5.48 Å². The predicted octanol–water partition coefficient (Wildman–Crippen LogP) is 1.59. The summed E-state index contributed by atoms with van der Waals surface area (Å²) in [5.41, 5.74) is 1.47. The molecule has 1 aromatic carbocycles. The lowest BCUT2D eigenvalue weighted by atomic mass is 10.1. The van der Waals surface area contributed by atoms with Gasteiger partial charge in [-0.05, 0) is 39.8 Å². The Morgan fingerprint density at radius 1 is 1.08 bits per heavy atom. The summed E-state index contributed by atoms with van der Waals surface area (Å²) in [4.78, 5) is 57.2. The van der Waals surface area contributed by atoms with Crippen molar-refractivity contribution >= 4 is 23.9 Å². The molecule has 0 radical (unpaired) electrons. The second-order valence-corrected chi connectivity index (χ2v) is 6.22. The van der Waals surface area contributed by atoms with E-state index in [1.54, 1.807) is 32.9 Å². The zero-order valence-corrected chi connectivity index (χ0v) is 14.2. The number of carbonyl (C=O) groups is 4. The molecule has 1 aliphatic rings. The van der Waals surface area contributed by atoms with Crippen molar-refractivity contribution in [2.75, 3.05) is 0 Å². The molecule has 0 spiro atoms. The van der Waals surface area contributed by atoms with Crippen LogP contribution in [0.15, 0.2) is 24.3 Å². The normalized spacial score (nSPS) is 14.8. The molecule has 0 aliphatic carbocycles. The van der Waals surface area contributed by atoms with Gasteiger partial charge in [-0.25, -0.2) is 9.59 Å². The van der Waals surface area contributed by atoms with E-state index >= 15 is 0 Å². The van der Waals surface area contributed by atoms with E-state index in [1.165, 1.54) is 19.1 Å². The Morgan fingerprint density at radius 2 is 1.60 bits per heavy atom. The molecule has 9 heteroatoms. The summed E-state index contributed by atoms with van der Waals surface area (Å²) in [6.07, 6.45) is -2.18. The number of carbonyl (C=O) groups excluding carboxylic acids is 4. The lowest BCUT2D eigenvalue weighted by Gasteiger charge is -2.20. The molecule has 9 nitrogen and oxygen atoms in total. The van der Waals surface area contributed by atoms with E-state index < -0.39 is 35.6 Å².